The second-order valence-corrected chi connectivity index (χ2v) is 7.10. The van der Waals surface area contributed by atoms with Crippen LogP contribution in [0.25, 0.3) is 22.6 Å². The lowest BCUT2D eigenvalue weighted by molar-refractivity contribution is 0.239. The van der Waals surface area contributed by atoms with Gasteiger partial charge >= 0.3 is 6.01 Å². The number of aliphatic hydroxyl groups excluding tert-OH is 1. The molecule has 0 saturated heterocycles. The average Bonchev–Trinajstić information content (AvgIpc) is 3.21. The van der Waals surface area contributed by atoms with Crippen molar-refractivity contribution < 1.29 is 14.2 Å². The van der Waals surface area contributed by atoms with E-state index in [1.165, 1.54) is 12.1 Å². The number of aromatic nitrogens is 4. The van der Waals surface area contributed by atoms with Gasteiger partial charge in [0.2, 0.25) is 0 Å². The van der Waals surface area contributed by atoms with E-state index < -0.39 is 0 Å². The number of ether oxygens (including phenoxy) is 1. The Balaban J connectivity index is 1.77. The molecule has 1 atom stereocenters. The number of rotatable bonds is 6. The van der Waals surface area contributed by atoms with E-state index in [2.05, 4.69) is 15.0 Å². The summed E-state index contributed by atoms with van der Waals surface area (Å²) >= 11 is 5.91. The van der Waals surface area contributed by atoms with E-state index >= 15 is 0 Å². The van der Waals surface area contributed by atoms with Crippen LogP contribution < -0.4 is 4.74 Å². The van der Waals surface area contributed by atoms with Crippen molar-refractivity contribution in [2.75, 3.05) is 6.61 Å². The van der Waals surface area contributed by atoms with Gasteiger partial charge in [-0.15, -0.1) is 0 Å². The Hall–Kier alpha value is -3.29. The summed E-state index contributed by atoms with van der Waals surface area (Å²) < 4.78 is 21.0. The molecule has 2 aromatic heterocycles. The van der Waals surface area contributed by atoms with Crippen molar-refractivity contribution in [3.8, 4) is 34.4 Å². The van der Waals surface area contributed by atoms with Crippen LogP contribution in [0, 0.1) is 5.82 Å². The van der Waals surface area contributed by atoms with E-state index in [0.29, 0.717) is 27.9 Å². The quantitative estimate of drug-likeness (QED) is 0.463. The fraction of sp³-hybridized carbons (Fsp3) is 0.136. The summed E-state index contributed by atoms with van der Waals surface area (Å²) in [7, 11) is 0. The molecule has 0 fully saturated rings. The van der Waals surface area contributed by atoms with Gasteiger partial charge in [-0.05, 0) is 61.5 Å². The summed E-state index contributed by atoms with van der Waals surface area (Å²) in [5, 5.41) is 10.3. The molecule has 6 nitrogen and oxygen atoms in total. The molecule has 0 spiro atoms. The lowest BCUT2D eigenvalue weighted by Crippen LogP contribution is -2.10. The molecule has 0 bridgehead atoms. The van der Waals surface area contributed by atoms with Crippen LogP contribution in [0.4, 0.5) is 4.39 Å². The highest BCUT2D eigenvalue weighted by Gasteiger charge is 2.20. The van der Waals surface area contributed by atoms with E-state index in [4.69, 9.17) is 16.3 Å². The van der Waals surface area contributed by atoms with Gasteiger partial charge in [-0.25, -0.2) is 14.4 Å². The largest absolute Gasteiger partial charge is 0.424 e. The third kappa shape index (κ3) is 4.17. The molecular weight excluding hydrogens is 407 g/mol. The Kier molecular flexibility index (Phi) is 5.74. The summed E-state index contributed by atoms with van der Waals surface area (Å²) in [5.74, 6) is 0.219. The van der Waals surface area contributed by atoms with Gasteiger partial charge in [0.15, 0.2) is 0 Å². The van der Waals surface area contributed by atoms with Gasteiger partial charge in [0, 0.05) is 16.8 Å². The first-order valence-electron chi connectivity index (χ1n) is 9.25. The maximum atomic E-state index is 13.4. The van der Waals surface area contributed by atoms with E-state index in [9.17, 15) is 9.50 Å². The summed E-state index contributed by atoms with van der Waals surface area (Å²) in [6.45, 7) is 1.79. The second-order valence-electron chi connectivity index (χ2n) is 6.67. The van der Waals surface area contributed by atoms with Crippen molar-refractivity contribution in [3.63, 3.8) is 0 Å². The number of aliphatic hydroxyl groups is 1. The lowest BCUT2D eigenvalue weighted by atomic mass is 10.1. The monoisotopic (exact) mass is 424 g/mol. The van der Waals surface area contributed by atoms with Gasteiger partial charge in [-0.1, -0.05) is 11.6 Å². The van der Waals surface area contributed by atoms with Crippen LogP contribution in [0.3, 0.4) is 0 Å². The molecular formula is C22H18ClFN4O2. The van der Waals surface area contributed by atoms with Gasteiger partial charge in [0.25, 0.3) is 0 Å². The Morgan fingerprint density at radius 1 is 1.07 bits per heavy atom. The predicted octanol–water partition coefficient (Wildman–Crippen LogP) is 5.15. The second kappa shape index (κ2) is 8.61. The standard InChI is InChI=1S/C22H18ClFN4O2/c1-14(12-29)28-13-26-20(15-2-6-17(24)7-3-15)21(28)19-10-11-25-22(27-19)30-18-8-4-16(23)5-9-18/h2-11,13-14,29H,12H2,1H3. The first-order chi connectivity index (χ1) is 14.5. The Labute approximate surface area is 177 Å². The summed E-state index contributed by atoms with van der Waals surface area (Å²) in [4.78, 5) is 13.2. The Bertz CT molecular complexity index is 1150. The van der Waals surface area contributed by atoms with E-state index in [-0.39, 0.29) is 24.5 Å². The molecule has 2 heterocycles. The third-order valence-corrected chi connectivity index (χ3v) is 4.80. The van der Waals surface area contributed by atoms with Crippen molar-refractivity contribution in [3.05, 3.63) is 78.0 Å². The van der Waals surface area contributed by atoms with Crippen molar-refractivity contribution in [2.45, 2.75) is 13.0 Å². The molecule has 0 radical (unpaired) electrons. The predicted molar refractivity (Wildman–Crippen MR) is 112 cm³/mol. The maximum absolute atomic E-state index is 13.4. The smallest absolute Gasteiger partial charge is 0.322 e. The molecule has 4 rings (SSSR count). The number of halogens is 2. The van der Waals surface area contributed by atoms with Crippen molar-refractivity contribution >= 4 is 11.6 Å². The van der Waals surface area contributed by atoms with Gasteiger partial charge in [0.1, 0.15) is 11.6 Å². The topological polar surface area (TPSA) is 73.1 Å². The van der Waals surface area contributed by atoms with Crippen LogP contribution in [0.1, 0.15) is 13.0 Å². The Morgan fingerprint density at radius 3 is 2.50 bits per heavy atom. The molecule has 0 aliphatic carbocycles. The third-order valence-electron chi connectivity index (χ3n) is 4.55. The molecule has 30 heavy (non-hydrogen) atoms. The highest BCUT2D eigenvalue weighted by atomic mass is 35.5. The van der Waals surface area contributed by atoms with Gasteiger partial charge in [-0.2, -0.15) is 4.98 Å². The number of hydrogen-bond donors (Lipinski definition) is 1. The average molecular weight is 425 g/mol. The van der Waals surface area contributed by atoms with Crippen LogP contribution in [0.2, 0.25) is 5.02 Å². The van der Waals surface area contributed by atoms with Gasteiger partial charge in [0.05, 0.1) is 36.1 Å². The van der Waals surface area contributed by atoms with Gasteiger partial charge < -0.3 is 14.4 Å². The number of benzene rings is 2. The number of nitrogens with zero attached hydrogens (tertiary/aromatic N) is 4. The minimum Gasteiger partial charge on any atom is -0.424 e. The van der Waals surface area contributed by atoms with Crippen molar-refractivity contribution in [1.29, 1.82) is 0 Å². The molecule has 1 N–H and O–H groups in total. The van der Waals surface area contributed by atoms with Crippen molar-refractivity contribution in [1.82, 2.24) is 19.5 Å². The summed E-state index contributed by atoms with van der Waals surface area (Å²) in [6.07, 6.45) is 3.22. The zero-order valence-corrected chi connectivity index (χ0v) is 16.8. The highest BCUT2D eigenvalue weighted by Crippen LogP contribution is 2.33. The molecule has 1 unspecified atom stereocenters. The Morgan fingerprint density at radius 2 is 1.80 bits per heavy atom. The van der Waals surface area contributed by atoms with E-state index in [1.54, 1.807) is 55.0 Å². The molecule has 8 heteroatoms. The molecule has 4 aromatic rings. The summed E-state index contributed by atoms with van der Waals surface area (Å²) in [6, 6.07) is 14.6. The zero-order valence-electron chi connectivity index (χ0n) is 16.0. The van der Waals surface area contributed by atoms with E-state index in [1.807, 2.05) is 11.5 Å². The number of hydrogen-bond acceptors (Lipinski definition) is 5. The SMILES string of the molecule is CC(CO)n1cnc(-c2ccc(F)cc2)c1-c1ccnc(Oc2ccc(Cl)cc2)n1. The molecule has 0 aliphatic rings. The number of imidazole rings is 1. The first kappa shape index (κ1) is 20.0. The molecule has 0 saturated carbocycles. The van der Waals surface area contributed by atoms with Gasteiger partial charge in [-0.3, -0.25) is 0 Å². The van der Waals surface area contributed by atoms with Crippen molar-refractivity contribution in [2.24, 2.45) is 0 Å². The van der Waals surface area contributed by atoms with Crippen LogP contribution in [-0.4, -0.2) is 31.2 Å². The fourth-order valence-electron chi connectivity index (χ4n) is 2.99. The zero-order chi connectivity index (χ0) is 21.1. The molecule has 2 aromatic carbocycles. The molecule has 0 amide bonds. The highest BCUT2D eigenvalue weighted by molar-refractivity contribution is 6.30. The van der Waals surface area contributed by atoms with Crippen LogP contribution in [0.5, 0.6) is 11.8 Å². The fourth-order valence-corrected chi connectivity index (χ4v) is 3.11. The minimum atomic E-state index is -0.329. The normalized spacial score (nSPS) is 12.0. The van der Waals surface area contributed by atoms with Crippen LogP contribution >= 0.6 is 11.6 Å². The van der Waals surface area contributed by atoms with E-state index in [0.717, 1.165) is 5.56 Å². The first-order valence-corrected chi connectivity index (χ1v) is 9.63. The minimum absolute atomic E-state index is 0.0779. The lowest BCUT2D eigenvalue weighted by Gasteiger charge is -2.15. The molecule has 0 aliphatic heterocycles. The van der Waals surface area contributed by atoms with Crippen LogP contribution in [0.15, 0.2) is 67.1 Å². The maximum Gasteiger partial charge on any atom is 0.322 e. The summed E-state index contributed by atoms with van der Waals surface area (Å²) in [5.41, 5.74) is 2.58. The van der Waals surface area contributed by atoms with Crippen LogP contribution in [-0.2, 0) is 0 Å². The molecule has 152 valence electrons.